The first-order valence-corrected chi connectivity index (χ1v) is 6.29. The Kier molecular flexibility index (Phi) is 3.71. The van der Waals surface area contributed by atoms with E-state index in [1.54, 1.807) is 0 Å². The lowest BCUT2D eigenvalue weighted by Gasteiger charge is -2.01. The van der Waals surface area contributed by atoms with Crippen molar-refractivity contribution in [3.63, 3.8) is 0 Å². The molecule has 0 saturated heterocycles. The van der Waals surface area contributed by atoms with Gasteiger partial charge in [0.2, 0.25) is 0 Å². The van der Waals surface area contributed by atoms with Crippen LogP contribution in [0.25, 0.3) is 11.2 Å². The van der Waals surface area contributed by atoms with E-state index < -0.39 is 0 Å². The zero-order chi connectivity index (χ0) is 11.8. The Morgan fingerprint density at radius 1 is 1.44 bits per heavy atom. The minimum absolute atomic E-state index is 0. The van der Waals surface area contributed by atoms with Gasteiger partial charge in [0.05, 0.1) is 6.33 Å². The number of hydrogen-bond acceptors (Lipinski definition) is 3. The first-order valence-electron chi connectivity index (χ1n) is 6.29. The third kappa shape index (κ3) is 2.14. The maximum atomic E-state index is 4.70. The van der Waals surface area contributed by atoms with Gasteiger partial charge in [0.25, 0.3) is 0 Å². The highest BCUT2D eigenvalue weighted by molar-refractivity contribution is 5.85. The Labute approximate surface area is 112 Å². The molecule has 2 aromatic heterocycles. The number of halogens is 1. The van der Waals surface area contributed by atoms with Crippen LogP contribution in [-0.4, -0.2) is 26.1 Å². The van der Waals surface area contributed by atoms with Crippen LogP contribution in [0.2, 0.25) is 0 Å². The van der Waals surface area contributed by atoms with E-state index in [-0.39, 0.29) is 12.4 Å². The molecule has 1 fully saturated rings. The summed E-state index contributed by atoms with van der Waals surface area (Å²) in [6, 6.07) is 0. The van der Waals surface area contributed by atoms with Gasteiger partial charge in [-0.3, -0.25) is 4.99 Å². The quantitative estimate of drug-likeness (QED) is 0.925. The molecule has 1 N–H and O–H groups in total. The lowest BCUT2D eigenvalue weighted by molar-refractivity contribution is 0.751. The van der Waals surface area contributed by atoms with Gasteiger partial charge in [-0.1, -0.05) is 0 Å². The van der Waals surface area contributed by atoms with Crippen LogP contribution in [-0.2, 0) is 6.54 Å². The highest BCUT2D eigenvalue weighted by atomic mass is 35.5. The second kappa shape index (κ2) is 5.10. The topological polar surface area (TPSA) is 58.9 Å². The van der Waals surface area contributed by atoms with Crippen molar-refractivity contribution in [2.45, 2.75) is 39.2 Å². The smallest absolute Gasteiger partial charge is 0.176 e. The molecule has 0 amide bonds. The Morgan fingerprint density at radius 2 is 2.22 bits per heavy atom. The zero-order valence-corrected chi connectivity index (χ0v) is 11.5. The molecule has 0 aliphatic heterocycles. The van der Waals surface area contributed by atoms with Gasteiger partial charge in [-0.15, -0.1) is 12.4 Å². The van der Waals surface area contributed by atoms with Crippen molar-refractivity contribution in [1.29, 1.82) is 0 Å². The second-order valence-corrected chi connectivity index (χ2v) is 4.42. The van der Waals surface area contributed by atoms with Crippen molar-refractivity contribution >= 4 is 23.6 Å². The molecular weight excluding hydrogens is 250 g/mol. The average Bonchev–Trinajstić information content (AvgIpc) is 3.09. The molecule has 0 unspecified atom stereocenters. The summed E-state index contributed by atoms with van der Waals surface area (Å²) in [5.74, 6) is 1.73. The monoisotopic (exact) mass is 267 g/mol. The summed E-state index contributed by atoms with van der Waals surface area (Å²) >= 11 is 0. The summed E-state index contributed by atoms with van der Waals surface area (Å²) in [6.45, 7) is 5.75. The summed E-state index contributed by atoms with van der Waals surface area (Å²) < 4.78 is 2.06. The number of aromatic amines is 1. The van der Waals surface area contributed by atoms with Crippen LogP contribution >= 0.6 is 12.4 Å². The maximum absolute atomic E-state index is 4.70. The van der Waals surface area contributed by atoms with Crippen molar-refractivity contribution in [3.05, 3.63) is 17.6 Å². The first kappa shape index (κ1) is 13.1. The van der Waals surface area contributed by atoms with Crippen molar-refractivity contribution < 1.29 is 0 Å². The van der Waals surface area contributed by atoms with E-state index in [1.165, 1.54) is 12.8 Å². The lowest BCUT2D eigenvalue weighted by atomic mass is 10.4. The van der Waals surface area contributed by atoms with Crippen LogP contribution in [0, 0.1) is 0 Å². The fourth-order valence-electron chi connectivity index (χ4n) is 2.04. The molecular formula is C12H18ClN5. The van der Waals surface area contributed by atoms with Crippen LogP contribution < -0.4 is 5.49 Å². The molecule has 1 saturated carbocycles. The Balaban J connectivity index is 0.00000120. The molecule has 98 valence electrons. The molecule has 3 rings (SSSR count). The van der Waals surface area contributed by atoms with E-state index in [2.05, 4.69) is 26.5 Å². The third-order valence-corrected chi connectivity index (χ3v) is 3.13. The Bertz CT molecular complexity index is 608. The second-order valence-electron chi connectivity index (χ2n) is 4.42. The number of H-pyrrole nitrogens is 1. The summed E-state index contributed by atoms with van der Waals surface area (Å²) in [4.78, 5) is 16.9. The van der Waals surface area contributed by atoms with E-state index in [0.717, 1.165) is 35.6 Å². The largest absolute Gasteiger partial charge is 0.337 e. The number of aryl methyl sites for hydroxylation is 1. The fourth-order valence-corrected chi connectivity index (χ4v) is 2.04. The third-order valence-electron chi connectivity index (χ3n) is 3.13. The van der Waals surface area contributed by atoms with Crippen LogP contribution in [0.3, 0.4) is 0 Å². The van der Waals surface area contributed by atoms with Gasteiger partial charge >= 0.3 is 0 Å². The summed E-state index contributed by atoms with van der Waals surface area (Å²) in [5, 5.41) is 0. The Morgan fingerprint density at radius 3 is 2.83 bits per heavy atom. The van der Waals surface area contributed by atoms with Gasteiger partial charge < -0.3 is 9.55 Å². The van der Waals surface area contributed by atoms with E-state index in [4.69, 9.17) is 4.98 Å². The van der Waals surface area contributed by atoms with Crippen molar-refractivity contribution in [1.82, 2.24) is 19.5 Å². The van der Waals surface area contributed by atoms with Gasteiger partial charge in [-0.25, -0.2) is 9.97 Å². The van der Waals surface area contributed by atoms with Crippen LogP contribution in [0.5, 0.6) is 0 Å². The maximum Gasteiger partial charge on any atom is 0.176 e. The Hall–Kier alpha value is -1.36. The van der Waals surface area contributed by atoms with E-state index in [9.17, 15) is 0 Å². The van der Waals surface area contributed by atoms with Gasteiger partial charge in [0.1, 0.15) is 11.3 Å². The fraction of sp³-hybridized carbons (Fsp3) is 0.583. The normalized spacial score (nSPS) is 16.0. The van der Waals surface area contributed by atoms with Gasteiger partial charge in [-0.2, -0.15) is 0 Å². The predicted molar refractivity (Wildman–Crippen MR) is 72.9 cm³/mol. The number of nitrogens with zero attached hydrogens (tertiary/aromatic N) is 4. The highest BCUT2D eigenvalue weighted by Crippen LogP contribution is 2.38. The molecule has 0 radical (unpaired) electrons. The van der Waals surface area contributed by atoms with Crippen LogP contribution in [0.15, 0.2) is 11.3 Å². The molecule has 1 aliphatic rings. The standard InChI is InChI=1S/C12H17N5.ClH/c1-3-13-11-9-12(17(4-2)7-14-11)16-10(15-9)8-5-6-8;/h7-8H,3-6H2,1-2H3,(H,15,16);1H. The molecule has 0 bridgehead atoms. The molecule has 6 heteroatoms. The molecule has 0 spiro atoms. The predicted octanol–water partition coefficient (Wildman–Crippen LogP) is 2.00. The number of nitrogens with one attached hydrogen (secondary N) is 1. The molecule has 18 heavy (non-hydrogen) atoms. The summed E-state index contributed by atoms with van der Waals surface area (Å²) in [7, 11) is 0. The molecule has 1 aliphatic carbocycles. The van der Waals surface area contributed by atoms with E-state index in [1.807, 2.05) is 13.3 Å². The SMILES string of the molecule is CCN=c1ncn(CC)c2nc(C3CC3)[nH]c12.Cl. The van der Waals surface area contributed by atoms with Gasteiger partial charge in [0.15, 0.2) is 11.1 Å². The molecule has 0 atom stereocenters. The average molecular weight is 268 g/mol. The molecule has 5 nitrogen and oxygen atoms in total. The molecule has 0 aromatic carbocycles. The van der Waals surface area contributed by atoms with E-state index >= 15 is 0 Å². The summed E-state index contributed by atoms with van der Waals surface area (Å²) in [5.41, 5.74) is 2.75. The minimum atomic E-state index is 0. The van der Waals surface area contributed by atoms with E-state index in [0.29, 0.717) is 5.92 Å². The highest BCUT2D eigenvalue weighted by Gasteiger charge is 2.27. The van der Waals surface area contributed by atoms with Crippen molar-refractivity contribution in [2.24, 2.45) is 4.99 Å². The van der Waals surface area contributed by atoms with Crippen LogP contribution in [0.1, 0.15) is 38.4 Å². The number of hydrogen-bond donors (Lipinski definition) is 1. The molecule has 2 heterocycles. The lowest BCUT2D eigenvalue weighted by Crippen LogP contribution is -2.14. The number of aromatic nitrogens is 4. The number of rotatable bonds is 3. The van der Waals surface area contributed by atoms with Gasteiger partial charge in [-0.05, 0) is 26.7 Å². The minimum Gasteiger partial charge on any atom is -0.337 e. The van der Waals surface area contributed by atoms with Crippen molar-refractivity contribution in [3.8, 4) is 0 Å². The molecule has 2 aromatic rings. The van der Waals surface area contributed by atoms with Crippen molar-refractivity contribution in [2.75, 3.05) is 6.54 Å². The summed E-state index contributed by atoms with van der Waals surface area (Å²) in [6.07, 6.45) is 4.33. The number of fused-ring (bicyclic) bond motifs is 1. The van der Waals surface area contributed by atoms with Crippen LogP contribution in [0.4, 0.5) is 0 Å². The van der Waals surface area contributed by atoms with Gasteiger partial charge in [0, 0.05) is 19.0 Å². The first-order chi connectivity index (χ1) is 8.33. The number of imidazole rings is 1. The zero-order valence-electron chi connectivity index (χ0n) is 10.7.